The molecule has 19 heavy (non-hydrogen) atoms. The number of rotatable bonds is 4. The lowest BCUT2D eigenvalue weighted by Crippen LogP contribution is -2.41. The second-order valence-corrected chi connectivity index (χ2v) is 5.09. The number of carbonyl (C=O) groups excluding carboxylic acids is 2. The lowest BCUT2D eigenvalue weighted by atomic mass is 10.1. The highest BCUT2D eigenvalue weighted by Crippen LogP contribution is 2.18. The second kappa shape index (κ2) is 6.65. The summed E-state index contributed by atoms with van der Waals surface area (Å²) >= 11 is 3.03. The molecule has 104 valence electrons. The number of nitrogens with zero attached hydrogens (tertiary/aromatic N) is 1. The fourth-order valence-corrected chi connectivity index (χ4v) is 1.87. The van der Waals surface area contributed by atoms with Gasteiger partial charge in [0.2, 0.25) is 0 Å². The molecule has 0 saturated carbocycles. The Morgan fingerprint density at radius 3 is 2.53 bits per heavy atom. The van der Waals surface area contributed by atoms with Gasteiger partial charge in [0, 0.05) is 11.6 Å². The van der Waals surface area contributed by atoms with Gasteiger partial charge in [-0.1, -0.05) is 0 Å². The first kappa shape index (κ1) is 15.6. The third-order valence-electron chi connectivity index (χ3n) is 2.58. The summed E-state index contributed by atoms with van der Waals surface area (Å²) in [6.07, 6.45) is 0. The van der Waals surface area contributed by atoms with Crippen molar-refractivity contribution in [2.45, 2.75) is 19.9 Å². The van der Waals surface area contributed by atoms with Gasteiger partial charge in [0.15, 0.2) is 0 Å². The van der Waals surface area contributed by atoms with Gasteiger partial charge in [0.05, 0.1) is 11.6 Å². The molecule has 0 radical (unpaired) electrons. The number of esters is 1. The van der Waals surface area contributed by atoms with Gasteiger partial charge in [0.1, 0.15) is 12.4 Å². The van der Waals surface area contributed by atoms with Crippen LogP contribution in [0.4, 0.5) is 4.39 Å². The van der Waals surface area contributed by atoms with Crippen LogP contribution < -0.4 is 0 Å². The fraction of sp³-hybridized carbons (Fsp3) is 0.385. The van der Waals surface area contributed by atoms with Gasteiger partial charge >= 0.3 is 5.97 Å². The predicted molar refractivity (Wildman–Crippen MR) is 72.3 cm³/mol. The van der Waals surface area contributed by atoms with Crippen LogP contribution in [-0.2, 0) is 9.53 Å². The Hall–Kier alpha value is -1.43. The third kappa shape index (κ3) is 4.02. The van der Waals surface area contributed by atoms with Crippen molar-refractivity contribution in [1.82, 2.24) is 4.90 Å². The highest BCUT2D eigenvalue weighted by atomic mass is 79.9. The lowest BCUT2D eigenvalue weighted by molar-refractivity contribution is -0.141. The predicted octanol–water partition coefficient (Wildman–Crippen LogP) is 2.61. The van der Waals surface area contributed by atoms with Gasteiger partial charge in [-0.05, 0) is 48.0 Å². The first-order valence-electron chi connectivity index (χ1n) is 5.69. The Morgan fingerprint density at radius 2 is 2.05 bits per heavy atom. The van der Waals surface area contributed by atoms with E-state index < -0.39 is 11.8 Å². The van der Waals surface area contributed by atoms with Crippen LogP contribution in [0.2, 0.25) is 0 Å². The molecule has 0 N–H and O–H groups in total. The first-order valence-corrected chi connectivity index (χ1v) is 6.49. The summed E-state index contributed by atoms with van der Waals surface area (Å²) in [6.45, 7) is 3.45. The molecule has 1 aromatic carbocycles. The van der Waals surface area contributed by atoms with Crippen LogP contribution in [0.25, 0.3) is 0 Å². The van der Waals surface area contributed by atoms with E-state index in [1.807, 2.05) is 0 Å². The molecule has 0 saturated heterocycles. The Labute approximate surface area is 119 Å². The van der Waals surface area contributed by atoms with Crippen LogP contribution in [0.15, 0.2) is 22.7 Å². The number of carbonyl (C=O) groups is 2. The molecule has 0 heterocycles. The molecule has 1 rings (SSSR count). The smallest absolute Gasteiger partial charge is 0.325 e. The zero-order chi connectivity index (χ0) is 14.6. The average molecular weight is 332 g/mol. The van der Waals surface area contributed by atoms with Crippen molar-refractivity contribution < 1.29 is 18.7 Å². The summed E-state index contributed by atoms with van der Waals surface area (Å²) in [5, 5.41) is 0. The summed E-state index contributed by atoms with van der Waals surface area (Å²) in [4.78, 5) is 24.9. The highest BCUT2D eigenvalue weighted by molar-refractivity contribution is 9.10. The number of benzene rings is 1. The van der Waals surface area contributed by atoms with E-state index in [1.165, 1.54) is 30.2 Å². The Kier molecular flexibility index (Phi) is 5.47. The van der Waals surface area contributed by atoms with Gasteiger partial charge < -0.3 is 9.64 Å². The Balaban J connectivity index is 2.99. The number of hydrogen-bond donors (Lipinski definition) is 0. The number of hydrogen-bond acceptors (Lipinski definition) is 3. The summed E-state index contributed by atoms with van der Waals surface area (Å²) < 4.78 is 17.9. The van der Waals surface area contributed by atoms with Crippen LogP contribution in [0.5, 0.6) is 0 Å². The van der Waals surface area contributed by atoms with E-state index in [1.54, 1.807) is 13.8 Å². The molecule has 0 atom stereocenters. The van der Waals surface area contributed by atoms with Crippen molar-refractivity contribution in [3.63, 3.8) is 0 Å². The van der Waals surface area contributed by atoms with E-state index in [0.29, 0.717) is 5.56 Å². The van der Waals surface area contributed by atoms with E-state index in [4.69, 9.17) is 0 Å². The molecule has 0 fully saturated rings. The minimum absolute atomic E-state index is 0.137. The van der Waals surface area contributed by atoms with E-state index in [2.05, 4.69) is 20.7 Å². The summed E-state index contributed by atoms with van der Waals surface area (Å²) in [7, 11) is 1.26. The minimum Gasteiger partial charge on any atom is -0.468 e. The standard InChI is InChI=1S/C13H15BrFNO3/c1-8(2)16(7-12(17)19-3)13(18)9-4-5-11(15)10(14)6-9/h4-6,8H,7H2,1-3H3. The number of amides is 1. The van der Waals surface area contributed by atoms with Crippen molar-refractivity contribution >= 4 is 27.8 Å². The second-order valence-electron chi connectivity index (χ2n) is 4.23. The minimum atomic E-state index is -0.497. The van der Waals surface area contributed by atoms with Crippen molar-refractivity contribution in [2.24, 2.45) is 0 Å². The van der Waals surface area contributed by atoms with E-state index in [9.17, 15) is 14.0 Å². The summed E-state index contributed by atoms with van der Waals surface area (Å²) in [5.74, 6) is -1.29. The first-order chi connectivity index (χ1) is 8.86. The monoisotopic (exact) mass is 331 g/mol. The Morgan fingerprint density at radius 1 is 1.42 bits per heavy atom. The molecular formula is C13H15BrFNO3. The molecule has 6 heteroatoms. The van der Waals surface area contributed by atoms with E-state index in [0.717, 1.165) is 0 Å². The maximum absolute atomic E-state index is 13.1. The Bertz CT molecular complexity index is 491. The van der Waals surface area contributed by atoms with E-state index in [-0.39, 0.29) is 23.0 Å². The topological polar surface area (TPSA) is 46.6 Å². The largest absolute Gasteiger partial charge is 0.468 e. The zero-order valence-electron chi connectivity index (χ0n) is 10.9. The molecular weight excluding hydrogens is 317 g/mol. The molecule has 0 aliphatic heterocycles. The molecule has 0 unspecified atom stereocenters. The normalized spacial score (nSPS) is 10.4. The molecule has 1 amide bonds. The molecule has 0 aliphatic carbocycles. The molecule has 1 aromatic rings. The molecule has 0 bridgehead atoms. The summed E-state index contributed by atoms with van der Waals surface area (Å²) in [5.41, 5.74) is 0.311. The number of ether oxygens (including phenoxy) is 1. The van der Waals surface area contributed by atoms with Crippen molar-refractivity contribution in [3.05, 3.63) is 34.1 Å². The van der Waals surface area contributed by atoms with Crippen molar-refractivity contribution in [3.8, 4) is 0 Å². The van der Waals surface area contributed by atoms with Crippen LogP contribution >= 0.6 is 15.9 Å². The maximum atomic E-state index is 13.1. The molecule has 4 nitrogen and oxygen atoms in total. The van der Waals surface area contributed by atoms with Gasteiger partial charge in [-0.2, -0.15) is 0 Å². The van der Waals surface area contributed by atoms with Crippen molar-refractivity contribution in [2.75, 3.05) is 13.7 Å². The summed E-state index contributed by atoms with van der Waals surface area (Å²) in [6, 6.07) is 3.81. The lowest BCUT2D eigenvalue weighted by Gasteiger charge is -2.25. The van der Waals surface area contributed by atoms with Gasteiger partial charge in [0.25, 0.3) is 5.91 Å². The maximum Gasteiger partial charge on any atom is 0.325 e. The number of halogens is 2. The van der Waals surface area contributed by atoms with Crippen molar-refractivity contribution in [1.29, 1.82) is 0 Å². The van der Waals surface area contributed by atoms with Gasteiger partial charge in [-0.3, -0.25) is 9.59 Å². The highest BCUT2D eigenvalue weighted by Gasteiger charge is 2.22. The van der Waals surface area contributed by atoms with Crippen LogP contribution in [0.1, 0.15) is 24.2 Å². The average Bonchev–Trinajstić information content (AvgIpc) is 2.37. The quantitative estimate of drug-likeness (QED) is 0.797. The number of methoxy groups -OCH3 is 1. The van der Waals surface area contributed by atoms with Crippen LogP contribution in [0.3, 0.4) is 0 Å². The molecule has 0 aliphatic rings. The van der Waals surface area contributed by atoms with E-state index >= 15 is 0 Å². The fourth-order valence-electron chi connectivity index (χ4n) is 1.49. The zero-order valence-corrected chi connectivity index (χ0v) is 12.5. The van der Waals surface area contributed by atoms with Crippen LogP contribution in [0, 0.1) is 5.82 Å². The molecule has 0 spiro atoms. The van der Waals surface area contributed by atoms with Gasteiger partial charge in [-0.25, -0.2) is 4.39 Å². The SMILES string of the molecule is COC(=O)CN(C(=O)c1ccc(F)c(Br)c1)C(C)C. The van der Waals surface area contributed by atoms with Gasteiger partial charge in [-0.15, -0.1) is 0 Å². The molecule has 0 aromatic heterocycles. The van der Waals surface area contributed by atoms with Crippen LogP contribution in [-0.4, -0.2) is 36.5 Å². The third-order valence-corrected chi connectivity index (χ3v) is 3.19.